The number of rotatable bonds is 5. The lowest BCUT2D eigenvalue weighted by Gasteiger charge is -2.32. The molecule has 2 N–H and O–H groups in total. The Labute approximate surface area is 219 Å². The third kappa shape index (κ3) is 6.67. The Morgan fingerprint density at radius 3 is 2.30 bits per heavy atom. The summed E-state index contributed by atoms with van der Waals surface area (Å²) in [6.07, 6.45) is 1.12. The molecule has 2 aliphatic rings. The van der Waals surface area contributed by atoms with Gasteiger partial charge in [0.2, 0.25) is 0 Å². The van der Waals surface area contributed by atoms with E-state index < -0.39 is 11.9 Å². The molecule has 0 aliphatic carbocycles. The first-order valence-electron chi connectivity index (χ1n) is 11.7. The van der Waals surface area contributed by atoms with Crippen LogP contribution in [0.25, 0.3) is 5.69 Å². The van der Waals surface area contributed by atoms with E-state index in [2.05, 4.69) is 49.8 Å². The molecule has 3 aromatic rings. The van der Waals surface area contributed by atoms with Gasteiger partial charge in [-0.2, -0.15) is 0 Å². The predicted molar refractivity (Wildman–Crippen MR) is 139 cm³/mol. The van der Waals surface area contributed by atoms with E-state index in [9.17, 15) is 9.59 Å². The number of aliphatic carboxylic acids is 2. The number of fused-ring (bicyclic) bond motifs is 3. The van der Waals surface area contributed by atoms with Gasteiger partial charge in [-0.05, 0) is 25.2 Å². The summed E-state index contributed by atoms with van der Waals surface area (Å²) in [6, 6.07) is 16.2. The van der Waals surface area contributed by atoms with Crippen LogP contribution >= 0.6 is 11.6 Å². The Bertz CT molecular complexity index is 1310. The molecule has 10 nitrogen and oxygen atoms in total. The summed E-state index contributed by atoms with van der Waals surface area (Å²) in [4.78, 5) is 28.8. The molecule has 37 heavy (non-hydrogen) atoms. The van der Waals surface area contributed by atoms with E-state index in [1.807, 2.05) is 30.3 Å². The van der Waals surface area contributed by atoms with Crippen LogP contribution in [0.2, 0.25) is 5.02 Å². The molecule has 1 saturated heterocycles. The van der Waals surface area contributed by atoms with Crippen molar-refractivity contribution in [3.05, 3.63) is 88.5 Å². The average Bonchev–Trinajstić information content (AvgIpc) is 3.19. The minimum absolute atomic E-state index is 0.492. The van der Waals surface area contributed by atoms with Gasteiger partial charge >= 0.3 is 11.9 Å². The van der Waals surface area contributed by atoms with Gasteiger partial charge in [0.15, 0.2) is 11.6 Å². The molecule has 11 heteroatoms. The molecule has 0 atom stereocenters. The van der Waals surface area contributed by atoms with Gasteiger partial charge in [0.05, 0.1) is 17.9 Å². The molecular formula is C26H27ClN6O4. The van der Waals surface area contributed by atoms with Crippen LogP contribution in [0.4, 0.5) is 0 Å². The summed E-state index contributed by atoms with van der Waals surface area (Å²) in [5.74, 6) is -0.693. The van der Waals surface area contributed by atoms with Crippen LogP contribution < -0.4 is 0 Å². The SMILES string of the molecule is CN1CCN(Cc2nnc3n2-c2ccc(Cl)cc2C(c2ccccc2)=NC3)CC1.O=C(O)/C=C/C(=O)O. The average molecular weight is 523 g/mol. The maximum Gasteiger partial charge on any atom is 0.328 e. The summed E-state index contributed by atoms with van der Waals surface area (Å²) < 4.78 is 2.17. The van der Waals surface area contributed by atoms with Crippen molar-refractivity contribution >= 4 is 29.3 Å². The molecule has 2 aromatic carbocycles. The maximum atomic E-state index is 9.55. The van der Waals surface area contributed by atoms with Gasteiger partial charge in [0, 0.05) is 54.5 Å². The highest BCUT2D eigenvalue weighted by Gasteiger charge is 2.25. The molecule has 1 aromatic heterocycles. The molecule has 192 valence electrons. The second kappa shape index (κ2) is 11.9. The number of halogens is 1. The number of benzene rings is 2. The second-order valence-corrected chi connectivity index (χ2v) is 9.09. The van der Waals surface area contributed by atoms with Crippen LogP contribution in [-0.2, 0) is 22.7 Å². The molecule has 2 aliphatic heterocycles. The number of nitrogens with zero attached hydrogens (tertiary/aromatic N) is 6. The third-order valence-electron chi connectivity index (χ3n) is 6.01. The third-order valence-corrected chi connectivity index (χ3v) is 6.24. The molecule has 1 fully saturated rings. The minimum atomic E-state index is -1.26. The van der Waals surface area contributed by atoms with Gasteiger partial charge in [-0.1, -0.05) is 41.9 Å². The van der Waals surface area contributed by atoms with Gasteiger partial charge in [0.25, 0.3) is 0 Å². The number of piperazine rings is 1. The first-order valence-corrected chi connectivity index (χ1v) is 12.1. The van der Waals surface area contributed by atoms with E-state index in [1.54, 1.807) is 0 Å². The van der Waals surface area contributed by atoms with Crippen LogP contribution in [0.1, 0.15) is 22.8 Å². The summed E-state index contributed by atoms with van der Waals surface area (Å²) in [5.41, 5.74) is 4.08. The van der Waals surface area contributed by atoms with Crippen molar-refractivity contribution in [1.82, 2.24) is 24.6 Å². The van der Waals surface area contributed by atoms with Gasteiger partial charge in [-0.25, -0.2) is 9.59 Å². The number of carboxylic acid groups (broad SMARTS) is 2. The largest absolute Gasteiger partial charge is 0.478 e. The number of likely N-dealkylation sites (N-methyl/N-ethyl adjacent to an activating group) is 1. The Kier molecular flexibility index (Phi) is 8.44. The van der Waals surface area contributed by atoms with E-state index in [4.69, 9.17) is 26.8 Å². The normalized spacial score (nSPS) is 15.7. The van der Waals surface area contributed by atoms with E-state index >= 15 is 0 Å². The molecular weight excluding hydrogens is 496 g/mol. The maximum absolute atomic E-state index is 9.55. The molecule has 5 rings (SSSR count). The highest BCUT2D eigenvalue weighted by atomic mass is 35.5. The van der Waals surface area contributed by atoms with Crippen molar-refractivity contribution in [2.75, 3.05) is 33.2 Å². The first kappa shape index (κ1) is 26.2. The predicted octanol–water partition coefficient (Wildman–Crippen LogP) is 2.73. The smallest absolute Gasteiger partial charge is 0.328 e. The van der Waals surface area contributed by atoms with Crippen molar-refractivity contribution < 1.29 is 19.8 Å². The zero-order valence-electron chi connectivity index (χ0n) is 20.3. The Morgan fingerprint density at radius 1 is 0.973 bits per heavy atom. The zero-order valence-corrected chi connectivity index (χ0v) is 21.0. The van der Waals surface area contributed by atoms with E-state index in [1.165, 1.54) is 0 Å². The van der Waals surface area contributed by atoms with Gasteiger partial charge in [0.1, 0.15) is 6.54 Å². The summed E-state index contributed by atoms with van der Waals surface area (Å²) in [6.45, 7) is 5.51. The molecule has 0 spiro atoms. The molecule has 0 unspecified atom stereocenters. The number of hydrogen-bond donors (Lipinski definition) is 2. The van der Waals surface area contributed by atoms with Crippen LogP contribution in [0.15, 0.2) is 65.7 Å². The van der Waals surface area contributed by atoms with Gasteiger partial charge < -0.3 is 15.1 Å². The quantitative estimate of drug-likeness (QED) is 0.490. The number of aromatic nitrogens is 3. The minimum Gasteiger partial charge on any atom is -0.478 e. The fourth-order valence-electron chi connectivity index (χ4n) is 4.16. The van der Waals surface area contributed by atoms with E-state index in [0.717, 1.165) is 66.9 Å². The Hall–Kier alpha value is -3.86. The summed E-state index contributed by atoms with van der Waals surface area (Å²) in [5, 5.41) is 25.3. The zero-order chi connectivity index (χ0) is 26.4. The number of carboxylic acids is 2. The molecule has 0 radical (unpaired) electrons. The lowest BCUT2D eigenvalue weighted by atomic mass is 10.0. The first-order chi connectivity index (χ1) is 17.8. The van der Waals surface area contributed by atoms with Crippen molar-refractivity contribution in [3.63, 3.8) is 0 Å². The lowest BCUT2D eigenvalue weighted by Crippen LogP contribution is -2.44. The number of hydrogen-bond acceptors (Lipinski definition) is 7. The molecule has 3 heterocycles. The van der Waals surface area contributed by atoms with Crippen molar-refractivity contribution in [3.8, 4) is 5.69 Å². The Morgan fingerprint density at radius 2 is 1.65 bits per heavy atom. The topological polar surface area (TPSA) is 124 Å². The lowest BCUT2D eigenvalue weighted by molar-refractivity contribution is -0.134. The number of carbonyl (C=O) groups is 2. The fourth-order valence-corrected chi connectivity index (χ4v) is 4.33. The van der Waals surface area contributed by atoms with E-state index in [0.29, 0.717) is 23.7 Å². The molecule has 0 amide bonds. The van der Waals surface area contributed by atoms with Crippen LogP contribution in [0, 0.1) is 0 Å². The van der Waals surface area contributed by atoms with Crippen molar-refractivity contribution in [2.24, 2.45) is 4.99 Å². The van der Waals surface area contributed by atoms with Crippen LogP contribution in [-0.4, -0.2) is 85.7 Å². The van der Waals surface area contributed by atoms with Gasteiger partial charge in [-0.15, -0.1) is 10.2 Å². The van der Waals surface area contributed by atoms with Crippen LogP contribution in [0.5, 0.6) is 0 Å². The fraction of sp³-hybridized carbons (Fsp3) is 0.269. The summed E-state index contributed by atoms with van der Waals surface area (Å²) >= 11 is 6.38. The second-order valence-electron chi connectivity index (χ2n) is 8.65. The van der Waals surface area contributed by atoms with Gasteiger partial charge in [-0.3, -0.25) is 14.5 Å². The molecule has 0 saturated carbocycles. The Balaban J connectivity index is 0.000000349. The van der Waals surface area contributed by atoms with Crippen molar-refractivity contribution in [1.29, 1.82) is 0 Å². The highest BCUT2D eigenvalue weighted by Crippen LogP contribution is 2.28. The van der Waals surface area contributed by atoms with E-state index in [-0.39, 0.29) is 0 Å². The number of aliphatic imine (C=N–C) groups is 1. The standard InChI is InChI=1S/C22H23ClN6.C4H4O4/c1-27-9-11-28(12-10-27)15-21-26-25-20-14-24-22(16-5-3-2-4-6-16)18-13-17(23)7-8-19(18)29(20)21;5-3(6)1-2-4(7)8/h2-8,13H,9-12,14-15H2,1H3;1-2H,(H,5,6)(H,7,8)/b;2-1+. The summed E-state index contributed by atoms with van der Waals surface area (Å²) in [7, 11) is 2.17. The van der Waals surface area contributed by atoms with Crippen LogP contribution in [0.3, 0.4) is 0 Å². The van der Waals surface area contributed by atoms with Crippen molar-refractivity contribution in [2.45, 2.75) is 13.1 Å². The molecule has 0 bridgehead atoms. The monoisotopic (exact) mass is 522 g/mol. The highest BCUT2D eigenvalue weighted by molar-refractivity contribution is 6.31.